The van der Waals surface area contributed by atoms with Gasteiger partial charge in [-0.05, 0) is 66.4 Å². The molecule has 7 heteroatoms. The summed E-state index contributed by atoms with van der Waals surface area (Å²) in [6.45, 7) is 0.226. The first-order valence-corrected chi connectivity index (χ1v) is 10.6. The molecule has 0 aromatic heterocycles. The maximum absolute atomic E-state index is 13.1. The lowest BCUT2D eigenvalue weighted by Gasteiger charge is -2.20. The van der Waals surface area contributed by atoms with E-state index in [1.54, 1.807) is 39.5 Å². The van der Waals surface area contributed by atoms with Crippen LogP contribution in [0.3, 0.4) is 0 Å². The smallest absolute Gasteiger partial charge is 0.251 e. The molecule has 0 radical (unpaired) electrons. The van der Waals surface area contributed by atoms with Crippen molar-refractivity contribution >= 4 is 5.91 Å². The second-order valence-electron chi connectivity index (χ2n) is 7.68. The van der Waals surface area contributed by atoms with Gasteiger partial charge in [-0.25, -0.2) is 0 Å². The van der Waals surface area contributed by atoms with Gasteiger partial charge < -0.3 is 29.0 Å². The normalized spacial score (nSPS) is 12.7. The van der Waals surface area contributed by atoms with Gasteiger partial charge in [-0.2, -0.15) is 0 Å². The Labute approximate surface area is 193 Å². The van der Waals surface area contributed by atoms with E-state index in [1.165, 1.54) is 0 Å². The third kappa shape index (κ3) is 5.31. The number of carbonyl (C=O) groups excluding carboxylic acids is 1. The molecule has 0 saturated heterocycles. The molecule has 1 N–H and O–H groups in total. The highest BCUT2D eigenvalue weighted by atomic mass is 16.7. The molecular formula is C26H27NO6. The van der Waals surface area contributed by atoms with Crippen LogP contribution < -0.4 is 29.0 Å². The molecule has 1 heterocycles. The molecule has 0 fully saturated rings. The first-order valence-electron chi connectivity index (χ1n) is 10.6. The molecule has 33 heavy (non-hydrogen) atoms. The lowest BCUT2D eigenvalue weighted by atomic mass is 9.98. The number of ether oxygens (including phenoxy) is 5. The maximum atomic E-state index is 13.1. The Kier molecular flexibility index (Phi) is 6.88. The third-order valence-electron chi connectivity index (χ3n) is 5.54. The van der Waals surface area contributed by atoms with Crippen molar-refractivity contribution in [2.24, 2.45) is 0 Å². The van der Waals surface area contributed by atoms with Crippen LogP contribution in [-0.4, -0.2) is 40.1 Å². The van der Waals surface area contributed by atoms with Crippen LogP contribution in [0.2, 0.25) is 0 Å². The van der Waals surface area contributed by atoms with Crippen LogP contribution in [0.4, 0.5) is 0 Å². The van der Waals surface area contributed by atoms with Crippen molar-refractivity contribution in [3.05, 3.63) is 77.4 Å². The zero-order chi connectivity index (χ0) is 23.2. The number of fused-ring (bicyclic) bond motifs is 1. The van der Waals surface area contributed by atoms with Crippen LogP contribution in [0.25, 0.3) is 0 Å². The van der Waals surface area contributed by atoms with Gasteiger partial charge in [-0.15, -0.1) is 0 Å². The minimum Gasteiger partial charge on any atom is -0.497 e. The molecule has 0 saturated carbocycles. The third-order valence-corrected chi connectivity index (χ3v) is 5.54. The van der Waals surface area contributed by atoms with Crippen molar-refractivity contribution in [2.75, 3.05) is 28.1 Å². The van der Waals surface area contributed by atoms with E-state index in [1.807, 2.05) is 42.5 Å². The summed E-state index contributed by atoms with van der Waals surface area (Å²) in [6.07, 6.45) is 1.28. The molecule has 0 bridgehead atoms. The second-order valence-corrected chi connectivity index (χ2v) is 7.68. The van der Waals surface area contributed by atoms with E-state index in [0.717, 1.165) is 28.4 Å². The average molecular weight is 450 g/mol. The number of nitrogens with one attached hydrogen (secondary N) is 1. The summed E-state index contributed by atoms with van der Waals surface area (Å²) in [4.78, 5) is 13.1. The molecule has 1 unspecified atom stereocenters. The van der Waals surface area contributed by atoms with Gasteiger partial charge >= 0.3 is 0 Å². The topological polar surface area (TPSA) is 75.2 Å². The van der Waals surface area contributed by atoms with Crippen molar-refractivity contribution < 1.29 is 28.5 Å². The van der Waals surface area contributed by atoms with E-state index in [0.29, 0.717) is 29.9 Å². The Morgan fingerprint density at radius 1 is 0.818 bits per heavy atom. The largest absolute Gasteiger partial charge is 0.497 e. The molecule has 1 aliphatic heterocycles. The molecule has 3 aromatic rings. The van der Waals surface area contributed by atoms with Crippen molar-refractivity contribution in [3.8, 4) is 28.7 Å². The molecule has 1 amide bonds. The first kappa shape index (κ1) is 22.3. The quantitative estimate of drug-likeness (QED) is 0.532. The van der Waals surface area contributed by atoms with Crippen LogP contribution >= 0.6 is 0 Å². The van der Waals surface area contributed by atoms with Crippen molar-refractivity contribution in [1.29, 1.82) is 0 Å². The molecule has 1 atom stereocenters. The highest BCUT2D eigenvalue weighted by Crippen LogP contribution is 2.33. The van der Waals surface area contributed by atoms with Crippen LogP contribution in [0.15, 0.2) is 60.7 Å². The molecule has 0 aliphatic carbocycles. The van der Waals surface area contributed by atoms with Gasteiger partial charge in [0.1, 0.15) is 5.75 Å². The predicted molar refractivity (Wildman–Crippen MR) is 124 cm³/mol. The summed E-state index contributed by atoms with van der Waals surface area (Å²) in [5.41, 5.74) is 2.64. The summed E-state index contributed by atoms with van der Waals surface area (Å²) in [5.74, 6) is 3.15. The Morgan fingerprint density at radius 2 is 1.52 bits per heavy atom. The number of hydrogen-bond acceptors (Lipinski definition) is 6. The van der Waals surface area contributed by atoms with Crippen molar-refractivity contribution in [3.63, 3.8) is 0 Å². The number of carbonyl (C=O) groups is 1. The van der Waals surface area contributed by atoms with Crippen LogP contribution in [0.1, 0.15) is 21.5 Å². The van der Waals surface area contributed by atoms with Gasteiger partial charge in [0.05, 0.1) is 21.3 Å². The lowest BCUT2D eigenvalue weighted by Crippen LogP contribution is -2.38. The summed E-state index contributed by atoms with van der Waals surface area (Å²) in [6, 6.07) is 18.7. The minimum absolute atomic E-state index is 0.153. The van der Waals surface area contributed by atoms with Gasteiger partial charge in [-0.3, -0.25) is 4.79 Å². The Bertz CT molecular complexity index is 1110. The Hall–Kier alpha value is -3.87. The van der Waals surface area contributed by atoms with Crippen LogP contribution in [-0.2, 0) is 12.8 Å². The summed E-state index contributed by atoms with van der Waals surface area (Å²) in [5, 5.41) is 3.18. The van der Waals surface area contributed by atoms with Gasteiger partial charge in [0.25, 0.3) is 5.91 Å². The zero-order valence-corrected chi connectivity index (χ0v) is 18.9. The number of amides is 1. The molecular weight excluding hydrogens is 422 g/mol. The Balaban J connectivity index is 1.55. The SMILES string of the molecule is COc1ccc(CC(Cc2ccc3c(c2)OCO3)NC(=O)c2ccc(OC)c(OC)c2)cc1. The number of rotatable bonds is 9. The molecule has 0 spiro atoms. The number of benzene rings is 3. The molecule has 7 nitrogen and oxygen atoms in total. The van der Waals surface area contributed by atoms with Crippen molar-refractivity contribution in [2.45, 2.75) is 18.9 Å². The first-order chi connectivity index (χ1) is 16.1. The van der Waals surface area contributed by atoms with E-state index in [-0.39, 0.29) is 18.7 Å². The molecule has 172 valence electrons. The average Bonchev–Trinajstić information content (AvgIpc) is 3.32. The second kappa shape index (κ2) is 10.2. The van der Waals surface area contributed by atoms with Gasteiger partial charge in [0.15, 0.2) is 23.0 Å². The van der Waals surface area contributed by atoms with E-state index >= 15 is 0 Å². The van der Waals surface area contributed by atoms with E-state index in [9.17, 15) is 4.79 Å². The predicted octanol–water partition coefficient (Wildman–Crippen LogP) is 4.02. The fourth-order valence-corrected chi connectivity index (χ4v) is 3.82. The van der Waals surface area contributed by atoms with Gasteiger partial charge in [-0.1, -0.05) is 18.2 Å². The van der Waals surface area contributed by atoms with E-state index in [2.05, 4.69) is 5.32 Å². The maximum Gasteiger partial charge on any atom is 0.251 e. The van der Waals surface area contributed by atoms with Crippen LogP contribution in [0.5, 0.6) is 28.7 Å². The summed E-state index contributed by atoms with van der Waals surface area (Å²) >= 11 is 0. The fraction of sp³-hybridized carbons (Fsp3) is 0.269. The highest BCUT2D eigenvalue weighted by Gasteiger charge is 2.19. The highest BCUT2D eigenvalue weighted by molar-refractivity contribution is 5.95. The van der Waals surface area contributed by atoms with Gasteiger partial charge in [0, 0.05) is 11.6 Å². The molecule has 4 rings (SSSR count). The standard InChI is InChI=1S/C26H27NO6/c1-29-21-8-4-17(5-9-21)12-20(13-18-6-10-23-25(14-18)33-16-32-23)27-26(28)19-7-11-22(30-2)24(15-19)31-3/h4-11,14-15,20H,12-13,16H2,1-3H3,(H,27,28). The molecule has 3 aromatic carbocycles. The van der Waals surface area contributed by atoms with Gasteiger partial charge in [0.2, 0.25) is 6.79 Å². The van der Waals surface area contributed by atoms with E-state index in [4.69, 9.17) is 23.7 Å². The van der Waals surface area contributed by atoms with Crippen molar-refractivity contribution in [1.82, 2.24) is 5.32 Å². The van der Waals surface area contributed by atoms with E-state index < -0.39 is 0 Å². The molecule has 1 aliphatic rings. The summed E-state index contributed by atoms with van der Waals surface area (Å²) < 4.78 is 26.8. The number of methoxy groups -OCH3 is 3. The zero-order valence-electron chi connectivity index (χ0n) is 18.9. The Morgan fingerprint density at radius 3 is 2.24 bits per heavy atom. The lowest BCUT2D eigenvalue weighted by molar-refractivity contribution is 0.0936. The fourth-order valence-electron chi connectivity index (χ4n) is 3.82. The van der Waals surface area contributed by atoms with Crippen LogP contribution in [0, 0.1) is 0 Å². The summed E-state index contributed by atoms with van der Waals surface area (Å²) in [7, 11) is 4.75. The minimum atomic E-state index is -0.185. The monoisotopic (exact) mass is 449 g/mol. The number of hydrogen-bond donors (Lipinski definition) is 1.